The van der Waals surface area contributed by atoms with Crippen LogP contribution in [0.4, 0.5) is 0 Å². The van der Waals surface area contributed by atoms with Crippen LogP contribution >= 0.6 is 0 Å². The van der Waals surface area contributed by atoms with Crippen molar-refractivity contribution in [3.05, 3.63) is 247 Å². The molecule has 296 valence electrons. The third-order valence-corrected chi connectivity index (χ3v) is 12.4. The van der Waals surface area contributed by atoms with Crippen molar-refractivity contribution < 1.29 is 0 Å². The third kappa shape index (κ3) is 6.11. The SMILES string of the molecule is O=c1c2c3cc(-c4ccc5c(c4)c4ccccc4n5-c4ccccc4)ccc3n(-c3ccccc3)c2cc(-c2ccccc2)n1-c1cc(-c2ccccc2)cc(-c2ccccc2)c1. The molecular weight excluding hydrogens is 767 g/mol. The van der Waals surface area contributed by atoms with Crippen LogP contribution in [-0.2, 0) is 0 Å². The summed E-state index contributed by atoms with van der Waals surface area (Å²) in [4.78, 5) is 15.9. The summed E-state index contributed by atoms with van der Waals surface area (Å²) >= 11 is 0. The third-order valence-electron chi connectivity index (χ3n) is 12.4. The fraction of sp³-hybridized carbons (Fsp3) is 0. The molecule has 0 aliphatic rings. The van der Waals surface area contributed by atoms with Crippen LogP contribution in [0.25, 0.3) is 105 Å². The Balaban J connectivity index is 1.15. The lowest BCUT2D eigenvalue weighted by molar-refractivity contribution is 1.02. The number of fused-ring (bicyclic) bond motifs is 6. The molecule has 12 aromatic rings. The summed E-state index contributed by atoms with van der Waals surface area (Å²) < 4.78 is 6.52. The van der Waals surface area contributed by atoms with Crippen molar-refractivity contribution in [1.82, 2.24) is 13.7 Å². The van der Waals surface area contributed by atoms with Crippen LogP contribution in [0.15, 0.2) is 241 Å². The van der Waals surface area contributed by atoms with Gasteiger partial charge >= 0.3 is 0 Å². The fourth-order valence-electron chi connectivity index (χ4n) is 9.54. The highest BCUT2D eigenvalue weighted by Gasteiger charge is 2.23. The maximum atomic E-state index is 15.9. The molecule has 0 fully saturated rings. The number of rotatable bonds is 7. The Morgan fingerprint density at radius 1 is 0.254 bits per heavy atom. The van der Waals surface area contributed by atoms with Gasteiger partial charge in [-0.3, -0.25) is 9.36 Å². The summed E-state index contributed by atoms with van der Waals surface area (Å²) in [6.07, 6.45) is 0. The molecule has 0 atom stereocenters. The molecule has 9 aromatic carbocycles. The van der Waals surface area contributed by atoms with Gasteiger partial charge < -0.3 is 9.13 Å². The summed E-state index contributed by atoms with van der Waals surface area (Å²) in [5.74, 6) is 0. The van der Waals surface area contributed by atoms with Crippen LogP contribution in [0.1, 0.15) is 0 Å². The number of nitrogens with zero attached hydrogens (tertiary/aromatic N) is 3. The molecule has 0 radical (unpaired) electrons. The average molecular weight is 806 g/mol. The van der Waals surface area contributed by atoms with Crippen LogP contribution in [0.5, 0.6) is 0 Å². The molecular formula is C59H39N3O. The summed E-state index contributed by atoms with van der Waals surface area (Å²) in [5.41, 5.74) is 15.1. The summed E-state index contributed by atoms with van der Waals surface area (Å²) in [5, 5.41) is 3.95. The second-order valence-electron chi connectivity index (χ2n) is 16.1. The minimum Gasteiger partial charge on any atom is -0.309 e. The predicted molar refractivity (Wildman–Crippen MR) is 262 cm³/mol. The zero-order valence-electron chi connectivity index (χ0n) is 34.3. The van der Waals surface area contributed by atoms with Gasteiger partial charge in [0.2, 0.25) is 0 Å². The zero-order valence-corrected chi connectivity index (χ0v) is 34.3. The van der Waals surface area contributed by atoms with E-state index in [2.05, 4.69) is 209 Å². The van der Waals surface area contributed by atoms with E-state index in [1.165, 1.54) is 16.3 Å². The molecule has 0 saturated heterocycles. The molecule has 0 aliphatic carbocycles. The summed E-state index contributed by atoms with van der Waals surface area (Å²) in [6.45, 7) is 0. The van der Waals surface area contributed by atoms with E-state index >= 15 is 4.79 Å². The molecule has 0 aliphatic heterocycles. The van der Waals surface area contributed by atoms with E-state index in [4.69, 9.17) is 0 Å². The number of aromatic nitrogens is 3. The number of para-hydroxylation sites is 3. The Labute approximate surface area is 364 Å². The van der Waals surface area contributed by atoms with Crippen molar-refractivity contribution in [2.24, 2.45) is 0 Å². The largest absolute Gasteiger partial charge is 0.309 e. The van der Waals surface area contributed by atoms with Crippen LogP contribution in [-0.4, -0.2) is 13.7 Å². The molecule has 3 heterocycles. The van der Waals surface area contributed by atoms with Crippen molar-refractivity contribution in [3.8, 4) is 61.7 Å². The van der Waals surface area contributed by atoms with Gasteiger partial charge in [0.05, 0.1) is 38.8 Å². The average Bonchev–Trinajstić information content (AvgIpc) is 3.87. The van der Waals surface area contributed by atoms with E-state index in [1.807, 2.05) is 41.0 Å². The topological polar surface area (TPSA) is 31.9 Å². The first-order chi connectivity index (χ1) is 31.2. The molecule has 0 unspecified atom stereocenters. The second kappa shape index (κ2) is 14.9. The Hall–Kier alpha value is -8.47. The molecule has 63 heavy (non-hydrogen) atoms. The number of benzene rings is 9. The van der Waals surface area contributed by atoms with Crippen molar-refractivity contribution in [1.29, 1.82) is 0 Å². The molecule has 0 saturated carbocycles. The highest BCUT2D eigenvalue weighted by molar-refractivity contribution is 6.13. The Morgan fingerprint density at radius 2 is 0.698 bits per heavy atom. The number of hydrogen-bond donors (Lipinski definition) is 0. The van der Waals surface area contributed by atoms with Crippen molar-refractivity contribution in [3.63, 3.8) is 0 Å². The first-order valence-corrected chi connectivity index (χ1v) is 21.4. The maximum absolute atomic E-state index is 15.9. The van der Waals surface area contributed by atoms with E-state index < -0.39 is 0 Å². The van der Waals surface area contributed by atoms with Gasteiger partial charge in [-0.05, 0) is 118 Å². The van der Waals surface area contributed by atoms with E-state index in [0.29, 0.717) is 5.39 Å². The standard InChI is InChI=1S/C59H39N3O/c63-59-58-52-38-44(43-30-32-54-51(37-43)50-28-16-17-29-53(50)60(54)47-24-12-4-13-25-47)31-33-55(52)61(48-26-14-5-15-27-48)57(58)39-56(42-22-10-3-11-23-42)62(59)49-35-45(40-18-6-1-7-19-40)34-46(36-49)41-20-8-2-9-21-41/h1-39H. The van der Waals surface area contributed by atoms with Gasteiger partial charge in [-0.1, -0.05) is 158 Å². The molecule has 3 aromatic heterocycles. The zero-order chi connectivity index (χ0) is 41.9. The summed E-state index contributed by atoms with van der Waals surface area (Å²) in [6, 6.07) is 82.8. The van der Waals surface area contributed by atoms with Gasteiger partial charge in [0.25, 0.3) is 5.56 Å². The van der Waals surface area contributed by atoms with Crippen LogP contribution in [0.2, 0.25) is 0 Å². The molecule has 0 amide bonds. The lowest BCUT2D eigenvalue weighted by Gasteiger charge is -2.18. The van der Waals surface area contributed by atoms with Gasteiger partial charge in [-0.2, -0.15) is 0 Å². The van der Waals surface area contributed by atoms with Crippen molar-refractivity contribution in [2.75, 3.05) is 0 Å². The monoisotopic (exact) mass is 805 g/mol. The van der Waals surface area contributed by atoms with Crippen molar-refractivity contribution in [2.45, 2.75) is 0 Å². The number of hydrogen-bond acceptors (Lipinski definition) is 1. The summed E-state index contributed by atoms with van der Waals surface area (Å²) in [7, 11) is 0. The first kappa shape index (κ1) is 36.4. The number of pyridine rings is 1. The quantitative estimate of drug-likeness (QED) is 0.158. The van der Waals surface area contributed by atoms with Gasteiger partial charge in [0, 0.05) is 27.5 Å². The molecule has 0 bridgehead atoms. The minimum absolute atomic E-state index is 0.0752. The van der Waals surface area contributed by atoms with Crippen LogP contribution < -0.4 is 5.56 Å². The molecule has 4 heteroatoms. The highest BCUT2D eigenvalue weighted by atomic mass is 16.1. The van der Waals surface area contributed by atoms with E-state index in [0.717, 1.165) is 83.6 Å². The molecule has 12 rings (SSSR count). The Morgan fingerprint density at radius 3 is 1.27 bits per heavy atom. The molecule has 0 spiro atoms. The predicted octanol–water partition coefficient (Wildman–Crippen LogP) is 14.7. The van der Waals surface area contributed by atoms with Crippen LogP contribution in [0, 0.1) is 0 Å². The normalized spacial score (nSPS) is 11.6. The van der Waals surface area contributed by atoms with Gasteiger partial charge in [-0.25, -0.2) is 0 Å². The van der Waals surface area contributed by atoms with E-state index in [1.54, 1.807) is 0 Å². The minimum atomic E-state index is -0.0752. The first-order valence-electron chi connectivity index (χ1n) is 21.4. The Kier molecular flexibility index (Phi) is 8.61. The van der Waals surface area contributed by atoms with Crippen LogP contribution in [0.3, 0.4) is 0 Å². The van der Waals surface area contributed by atoms with Crippen molar-refractivity contribution >= 4 is 43.6 Å². The second-order valence-corrected chi connectivity index (χ2v) is 16.1. The maximum Gasteiger partial charge on any atom is 0.265 e. The lowest BCUT2D eigenvalue weighted by atomic mass is 9.97. The van der Waals surface area contributed by atoms with Gasteiger partial charge in [0.1, 0.15) is 0 Å². The Bertz CT molecular complexity index is 3660. The fourth-order valence-corrected chi connectivity index (χ4v) is 9.54. The van der Waals surface area contributed by atoms with E-state index in [-0.39, 0.29) is 5.56 Å². The van der Waals surface area contributed by atoms with Gasteiger partial charge in [-0.15, -0.1) is 0 Å². The smallest absolute Gasteiger partial charge is 0.265 e. The lowest BCUT2D eigenvalue weighted by Crippen LogP contribution is -2.20. The van der Waals surface area contributed by atoms with Gasteiger partial charge in [0.15, 0.2) is 0 Å². The highest BCUT2D eigenvalue weighted by Crippen LogP contribution is 2.40. The molecule has 0 N–H and O–H groups in total. The molecule has 4 nitrogen and oxygen atoms in total. The van der Waals surface area contributed by atoms with E-state index in [9.17, 15) is 0 Å².